The molecule has 0 aliphatic heterocycles. The van der Waals surface area contributed by atoms with E-state index in [4.69, 9.17) is 4.74 Å². The average Bonchev–Trinajstić information content (AvgIpc) is 2.46. The quantitative estimate of drug-likeness (QED) is 0.869. The molecule has 0 aromatic heterocycles. The van der Waals surface area contributed by atoms with Crippen LogP contribution >= 0.6 is 0 Å². The molecular weight excluding hydrogens is 245 g/mol. The topological polar surface area (TPSA) is 41.5 Å². The van der Waals surface area contributed by atoms with Gasteiger partial charge in [0.15, 0.2) is 0 Å². The van der Waals surface area contributed by atoms with Gasteiger partial charge in [0.1, 0.15) is 11.6 Å². The molecule has 4 heteroatoms. The van der Waals surface area contributed by atoms with Gasteiger partial charge in [0.2, 0.25) is 0 Å². The van der Waals surface area contributed by atoms with Crippen molar-refractivity contribution in [3.63, 3.8) is 0 Å². The first kappa shape index (κ1) is 13.4. The van der Waals surface area contributed by atoms with Crippen LogP contribution in [0, 0.1) is 5.82 Å². The maximum absolute atomic E-state index is 12.8. The van der Waals surface area contributed by atoms with Crippen molar-refractivity contribution in [2.45, 2.75) is 6.10 Å². The van der Waals surface area contributed by atoms with E-state index in [0.29, 0.717) is 12.1 Å². The Morgan fingerprint density at radius 3 is 2.32 bits per heavy atom. The second-order valence-electron chi connectivity index (χ2n) is 4.18. The van der Waals surface area contributed by atoms with E-state index in [9.17, 15) is 9.50 Å². The van der Waals surface area contributed by atoms with Crippen LogP contribution in [-0.4, -0.2) is 18.8 Å². The molecule has 0 radical (unpaired) electrons. The fourth-order valence-electron chi connectivity index (χ4n) is 1.73. The van der Waals surface area contributed by atoms with Crippen molar-refractivity contribution in [1.29, 1.82) is 0 Å². The van der Waals surface area contributed by atoms with E-state index >= 15 is 0 Å². The Hall–Kier alpha value is -2.07. The molecule has 0 heterocycles. The van der Waals surface area contributed by atoms with Gasteiger partial charge < -0.3 is 15.2 Å². The Morgan fingerprint density at radius 2 is 1.74 bits per heavy atom. The van der Waals surface area contributed by atoms with Crippen LogP contribution < -0.4 is 10.1 Å². The van der Waals surface area contributed by atoms with Crippen LogP contribution in [0.5, 0.6) is 5.75 Å². The van der Waals surface area contributed by atoms with Gasteiger partial charge in [0.05, 0.1) is 13.2 Å². The number of nitrogens with one attached hydrogen (secondary N) is 1. The maximum atomic E-state index is 12.8. The van der Waals surface area contributed by atoms with Crippen LogP contribution in [0.25, 0.3) is 0 Å². The number of aliphatic hydroxyl groups excluding tert-OH is 1. The molecule has 0 aliphatic carbocycles. The second kappa shape index (κ2) is 6.20. The van der Waals surface area contributed by atoms with Crippen molar-refractivity contribution in [2.75, 3.05) is 19.0 Å². The van der Waals surface area contributed by atoms with E-state index < -0.39 is 6.10 Å². The molecule has 0 bridgehead atoms. The van der Waals surface area contributed by atoms with Gasteiger partial charge in [-0.15, -0.1) is 0 Å². The van der Waals surface area contributed by atoms with Gasteiger partial charge in [0.25, 0.3) is 0 Å². The summed E-state index contributed by atoms with van der Waals surface area (Å²) in [7, 11) is 1.61. The molecule has 2 N–H and O–H groups in total. The summed E-state index contributed by atoms with van der Waals surface area (Å²) < 4.78 is 17.8. The summed E-state index contributed by atoms with van der Waals surface area (Å²) in [5, 5.41) is 13.1. The first-order valence-electron chi connectivity index (χ1n) is 6.00. The number of aliphatic hydroxyl groups is 1. The van der Waals surface area contributed by atoms with Gasteiger partial charge in [-0.05, 0) is 42.0 Å². The van der Waals surface area contributed by atoms with E-state index in [2.05, 4.69) is 5.32 Å². The number of halogens is 1. The van der Waals surface area contributed by atoms with Crippen molar-refractivity contribution in [3.05, 3.63) is 59.9 Å². The molecule has 0 saturated carbocycles. The second-order valence-corrected chi connectivity index (χ2v) is 4.18. The van der Waals surface area contributed by atoms with Gasteiger partial charge in [0, 0.05) is 12.2 Å². The van der Waals surface area contributed by atoms with E-state index in [1.54, 1.807) is 19.2 Å². The zero-order valence-electron chi connectivity index (χ0n) is 10.6. The van der Waals surface area contributed by atoms with Crippen LogP contribution in [0.15, 0.2) is 48.5 Å². The van der Waals surface area contributed by atoms with Crippen LogP contribution in [0.2, 0.25) is 0 Å². The molecule has 0 amide bonds. The van der Waals surface area contributed by atoms with Gasteiger partial charge in [-0.2, -0.15) is 0 Å². The number of rotatable bonds is 5. The van der Waals surface area contributed by atoms with Gasteiger partial charge in [-0.1, -0.05) is 12.1 Å². The van der Waals surface area contributed by atoms with Crippen LogP contribution in [-0.2, 0) is 0 Å². The highest BCUT2D eigenvalue weighted by Crippen LogP contribution is 2.17. The van der Waals surface area contributed by atoms with E-state index in [1.165, 1.54) is 12.1 Å². The fraction of sp³-hybridized carbons (Fsp3) is 0.200. The largest absolute Gasteiger partial charge is 0.497 e. The molecule has 0 fully saturated rings. The Balaban J connectivity index is 1.92. The van der Waals surface area contributed by atoms with E-state index in [0.717, 1.165) is 11.4 Å². The third-order valence-electron chi connectivity index (χ3n) is 2.84. The number of benzene rings is 2. The lowest BCUT2D eigenvalue weighted by Gasteiger charge is -2.13. The van der Waals surface area contributed by atoms with E-state index in [1.807, 2.05) is 24.3 Å². The summed E-state index contributed by atoms with van der Waals surface area (Å²) >= 11 is 0. The molecular formula is C15H16FNO2. The zero-order valence-corrected chi connectivity index (χ0v) is 10.6. The highest BCUT2D eigenvalue weighted by molar-refractivity contribution is 5.46. The number of hydrogen-bond donors (Lipinski definition) is 2. The molecule has 19 heavy (non-hydrogen) atoms. The van der Waals surface area contributed by atoms with Crippen LogP contribution in [0.1, 0.15) is 11.7 Å². The lowest BCUT2D eigenvalue weighted by Crippen LogP contribution is -2.12. The predicted molar refractivity (Wildman–Crippen MR) is 72.8 cm³/mol. The fourth-order valence-corrected chi connectivity index (χ4v) is 1.73. The Labute approximate surface area is 111 Å². The predicted octanol–water partition coefficient (Wildman–Crippen LogP) is 2.98. The molecule has 1 unspecified atom stereocenters. The number of anilines is 1. The standard InChI is InChI=1S/C15H16FNO2/c1-19-14-8-6-13(7-9-14)17-10-15(18)11-2-4-12(16)5-3-11/h2-9,15,17-18H,10H2,1H3. The normalized spacial score (nSPS) is 11.9. The smallest absolute Gasteiger partial charge is 0.123 e. The molecule has 3 nitrogen and oxygen atoms in total. The van der Waals surface area contributed by atoms with Crippen molar-refractivity contribution in [1.82, 2.24) is 0 Å². The first-order chi connectivity index (χ1) is 9.19. The van der Waals surface area contributed by atoms with Crippen molar-refractivity contribution in [2.24, 2.45) is 0 Å². The van der Waals surface area contributed by atoms with Crippen molar-refractivity contribution < 1.29 is 14.2 Å². The third kappa shape index (κ3) is 3.69. The highest BCUT2D eigenvalue weighted by Gasteiger charge is 2.07. The van der Waals surface area contributed by atoms with Crippen LogP contribution in [0.4, 0.5) is 10.1 Å². The summed E-state index contributed by atoms with van der Waals surface area (Å²) in [5.41, 5.74) is 1.57. The molecule has 1 atom stereocenters. The molecule has 0 spiro atoms. The summed E-state index contributed by atoms with van der Waals surface area (Å²) in [6, 6.07) is 13.3. The summed E-state index contributed by atoms with van der Waals surface area (Å²) in [5.74, 6) is 0.476. The third-order valence-corrected chi connectivity index (χ3v) is 2.84. The summed E-state index contributed by atoms with van der Waals surface area (Å²) in [4.78, 5) is 0. The van der Waals surface area contributed by atoms with E-state index in [-0.39, 0.29) is 5.82 Å². The molecule has 2 aromatic carbocycles. The van der Waals surface area contributed by atoms with Crippen molar-refractivity contribution in [3.8, 4) is 5.75 Å². The Morgan fingerprint density at radius 1 is 1.11 bits per heavy atom. The summed E-state index contributed by atoms with van der Waals surface area (Å²) in [6.45, 7) is 0.359. The average molecular weight is 261 g/mol. The number of ether oxygens (including phenoxy) is 1. The zero-order chi connectivity index (χ0) is 13.7. The first-order valence-corrected chi connectivity index (χ1v) is 6.00. The lowest BCUT2D eigenvalue weighted by molar-refractivity contribution is 0.191. The SMILES string of the molecule is COc1ccc(NCC(O)c2ccc(F)cc2)cc1. The minimum Gasteiger partial charge on any atom is -0.497 e. The Bertz CT molecular complexity index is 511. The summed E-state index contributed by atoms with van der Waals surface area (Å²) in [6.07, 6.45) is -0.678. The Kier molecular flexibility index (Phi) is 4.36. The molecule has 100 valence electrons. The lowest BCUT2D eigenvalue weighted by atomic mass is 10.1. The van der Waals surface area contributed by atoms with Crippen LogP contribution in [0.3, 0.4) is 0 Å². The van der Waals surface area contributed by atoms with Gasteiger partial charge in [-0.3, -0.25) is 0 Å². The van der Waals surface area contributed by atoms with Gasteiger partial charge in [-0.25, -0.2) is 4.39 Å². The molecule has 0 aliphatic rings. The molecule has 2 rings (SSSR count). The minimum atomic E-state index is -0.678. The maximum Gasteiger partial charge on any atom is 0.123 e. The van der Waals surface area contributed by atoms with Crippen molar-refractivity contribution >= 4 is 5.69 Å². The monoisotopic (exact) mass is 261 g/mol. The molecule has 0 saturated heterocycles. The molecule has 2 aromatic rings. The number of hydrogen-bond acceptors (Lipinski definition) is 3. The number of methoxy groups -OCH3 is 1. The highest BCUT2D eigenvalue weighted by atomic mass is 19.1. The van der Waals surface area contributed by atoms with Gasteiger partial charge >= 0.3 is 0 Å². The minimum absolute atomic E-state index is 0.306.